The van der Waals surface area contributed by atoms with Gasteiger partial charge in [0, 0.05) is 43.9 Å². The van der Waals surface area contributed by atoms with Crippen LogP contribution in [0, 0.1) is 17.8 Å². The first-order chi connectivity index (χ1) is 30.6. The van der Waals surface area contributed by atoms with E-state index in [0.29, 0.717) is 0 Å². The highest BCUT2D eigenvalue weighted by Crippen LogP contribution is 2.38. The van der Waals surface area contributed by atoms with Crippen LogP contribution in [0.15, 0.2) is 85.1 Å². The van der Waals surface area contributed by atoms with Crippen LogP contribution >= 0.6 is 0 Å². The van der Waals surface area contributed by atoms with Gasteiger partial charge >= 0.3 is 11.9 Å². The van der Waals surface area contributed by atoms with Crippen molar-refractivity contribution in [2.24, 2.45) is 23.5 Å². The molecule has 0 spiro atoms. The molecule has 2 bridgehead atoms. The molecule has 0 aliphatic carbocycles. The molecule has 366 valence electrons. The SMILES string of the molecule is C[C@@H]1[C@H](O)[C@@H](C)/C=C/C=C/C=C/C=C/C=C/C=C/C=C/[C@H](O[C@@H]2O[C@H](C)[C@@H](O)[C@H](N)[C@@H]2O)C[C@@H]2O[C@](O)(C[C@@H](O)[C@H](O)CC[C@@H](O)CC(=O)C[C@@H](O)CC(=O)O[C@H]1C)C[C@H](O)[C@H]2C(=O)O. The molecule has 2 saturated heterocycles. The summed E-state index contributed by atoms with van der Waals surface area (Å²) in [5.41, 5.74) is 6.01. The van der Waals surface area contributed by atoms with Crippen LogP contribution in [-0.2, 0) is 33.3 Å². The number of hydrogen-bond acceptors (Lipinski definition) is 17. The molecular formula is C47H71NO17. The minimum Gasteiger partial charge on any atom is -0.481 e. The van der Waals surface area contributed by atoms with Crippen molar-refractivity contribution >= 4 is 17.7 Å². The number of nitrogens with two attached hydrogens (primary N) is 1. The van der Waals surface area contributed by atoms with Gasteiger partial charge in [0.25, 0.3) is 0 Å². The summed E-state index contributed by atoms with van der Waals surface area (Å²) in [5, 5.41) is 107. The number of aliphatic hydroxyl groups excluding tert-OH is 8. The number of aliphatic carboxylic acids is 1. The van der Waals surface area contributed by atoms with E-state index < -0.39 is 153 Å². The van der Waals surface area contributed by atoms with Gasteiger partial charge in [0.2, 0.25) is 0 Å². The van der Waals surface area contributed by atoms with E-state index in [9.17, 15) is 65.4 Å². The third kappa shape index (κ3) is 18.5. The number of carbonyl (C=O) groups excluding carboxylic acids is 2. The maximum absolute atomic E-state index is 12.7. The molecule has 0 aromatic heterocycles. The van der Waals surface area contributed by atoms with Gasteiger partial charge in [0.05, 0.1) is 73.5 Å². The van der Waals surface area contributed by atoms with Crippen LogP contribution in [0.4, 0.5) is 0 Å². The van der Waals surface area contributed by atoms with Gasteiger partial charge in [-0.3, -0.25) is 14.4 Å². The molecule has 3 heterocycles. The van der Waals surface area contributed by atoms with Crippen LogP contribution in [0.2, 0.25) is 0 Å². The Balaban J connectivity index is 1.86. The van der Waals surface area contributed by atoms with Gasteiger partial charge < -0.3 is 75.7 Å². The molecule has 0 amide bonds. The number of fused-ring (bicyclic) bond motifs is 2. The number of carboxylic acids is 1. The highest BCUT2D eigenvalue weighted by Gasteiger charge is 2.51. The molecule has 18 heteroatoms. The summed E-state index contributed by atoms with van der Waals surface area (Å²) in [5.74, 6) is -7.57. The largest absolute Gasteiger partial charge is 0.481 e. The molecule has 3 aliphatic heterocycles. The third-order valence-electron chi connectivity index (χ3n) is 11.9. The highest BCUT2D eigenvalue weighted by molar-refractivity contribution is 5.80. The molecule has 65 heavy (non-hydrogen) atoms. The molecule has 0 saturated carbocycles. The molecule has 3 rings (SSSR count). The molecule has 0 radical (unpaired) electrons. The van der Waals surface area contributed by atoms with Crippen molar-refractivity contribution in [2.45, 2.75) is 170 Å². The van der Waals surface area contributed by atoms with Crippen LogP contribution in [0.1, 0.15) is 79.1 Å². The predicted molar refractivity (Wildman–Crippen MR) is 236 cm³/mol. The van der Waals surface area contributed by atoms with E-state index in [0.717, 1.165) is 0 Å². The predicted octanol–water partition coefficient (Wildman–Crippen LogP) is 0.920. The van der Waals surface area contributed by atoms with Crippen molar-refractivity contribution < 1.29 is 84.4 Å². The first kappa shape index (κ1) is 55.6. The van der Waals surface area contributed by atoms with E-state index in [4.69, 9.17) is 24.7 Å². The lowest BCUT2D eigenvalue weighted by Gasteiger charge is -2.45. The number of cyclic esters (lactones) is 1. The van der Waals surface area contributed by atoms with Gasteiger partial charge in [-0.1, -0.05) is 98.9 Å². The Labute approximate surface area is 380 Å². The van der Waals surface area contributed by atoms with E-state index in [1.165, 1.54) is 13.0 Å². The summed E-state index contributed by atoms with van der Waals surface area (Å²) in [7, 11) is 0. The Hall–Kier alpha value is -3.73. The first-order valence-electron chi connectivity index (χ1n) is 22.2. The molecule has 0 aromatic carbocycles. The lowest BCUT2D eigenvalue weighted by molar-refractivity contribution is -0.310. The number of esters is 1. The second-order valence-electron chi connectivity index (χ2n) is 17.4. The molecule has 3 aliphatic rings. The molecule has 18 nitrogen and oxygen atoms in total. The zero-order valence-corrected chi connectivity index (χ0v) is 37.5. The second kappa shape index (κ2) is 27.2. The van der Waals surface area contributed by atoms with E-state index >= 15 is 0 Å². The number of ketones is 1. The topological polar surface area (TPSA) is 316 Å². The zero-order chi connectivity index (χ0) is 48.4. The smallest absolute Gasteiger partial charge is 0.311 e. The van der Waals surface area contributed by atoms with E-state index in [1.54, 1.807) is 86.8 Å². The third-order valence-corrected chi connectivity index (χ3v) is 11.9. The van der Waals surface area contributed by atoms with Crippen LogP contribution in [0.25, 0.3) is 0 Å². The van der Waals surface area contributed by atoms with Gasteiger partial charge in [-0.05, 0) is 26.7 Å². The number of carbonyl (C=O) groups is 3. The summed E-state index contributed by atoms with van der Waals surface area (Å²) in [4.78, 5) is 37.7. The van der Waals surface area contributed by atoms with Crippen molar-refractivity contribution in [1.82, 2.24) is 0 Å². The fourth-order valence-corrected chi connectivity index (χ4v) is 7.81. The van der Waals surface area contributed by atoms with E-state index in [2.05, 4.69) is 0 Å². The van der Waals surface area contributed by atoms with Crippen LogP contribution in [0.5, 0.6) is 0 Å². The number of Topliss-reactive ketones (excluding diaryl/α,β-unsaturated/α-hetero) is 1. The Morgan fingerprint density at radius 3 is 1.80 bits per heavy atom. The normalized spacial score (nSPS) is 44.4. The lowest BCUT2D eigenvalue weighted by atomic mass is 9.82. The van der Waals surface area contributed by atoms with Crippen LogP contribution < -0.4 is 5.73 Å². The molecule has 0 aromatic rings. The van der Waals surface area contributed by atoms with Crippen molar-refractivity contribution in [2.75, 3.05) is 0 Å². The van der Waals surface area contributed by atoms with Crippen LogP contribution in [-0.4, -0.2) is 160 Å². The molecule has 0 unspecified atom stereocenters. The summed E-state index contributed by atoms with van der Waals surface area (Å²) in [6, 6.07) is -1.15. The van der Waals surface area contributed by atoms with E-state index in [1.807, 2.05) is 13.0 Å². The fraction of sp³-hybridized carbons (Fsp3) is 0.638. The van der Waals surface area contributed by atoms with Gasteiger partial charge in [-0.2, -0.15) is 0 Å². The molecule has 12 N–H and O–H groups in total. The van der Waals surface area contributed by atoms with Crippen molar-refractivity contribution in [1.29, 1.82) is 0 Å². The summed E-state index contributed by atoms with van der Waals surface area (Å²) in [6.45, 7) is 6.69. The Kier molecular flexibility index (Phi) is 23.2. The minimum absolute atomic E-state index is 0.201. The standard InChI is InChI=1S/C47H71NO17/c1-27-17-15-13-11-9-7-5-6-8-10-12-14-16-18-34(64-46-44(58)41(48)43(57)30(4)63-46)24-38-40(45(59)60)37(54)26-47(61,65-38)25-36(53)35(52)20-19-31(49)21-32(50)22-33(51)23-39(55)62-29(3)28(2)42(27)56/h5-18,27-31,33-38,40-44,46,49,51-54,56-58,61H,19-26,48H2,1-4H3,(H,59,60)/b6-5+,9-7+,10-8+,13-11+,14-12+,17-15+,18-16+/t27-,28-,29-,30+,31+,33+,34-,35+,36+,37-,38-,40+,41-,42+,43+,44-,46-,47+/m0/s1. The Morgan fingerprint density at radius 2 is 1.22 bits per heavy atom. The average molecular weight is 922 g/mol. The van der Waals surface area contributed by atoms with Gasteiger partial charge in [-0.25, -0.2) is 0 Å². The monoisotopic (exact) mass is 921 g/mol. The van der Waals surface area contributed by atoms with Crippen molar-refractivity contribution in [3.05, 3.63) is 85.1 Å². The Bertz CT molecular complexity index is 1710. The highest BCUT2D eigenvalue weighted by atomic mass is 16.7. The van der Waals surface area contributed by atoms with Crippen LogP contribution in [0.3, 0.4) is 0 Å². The number of rotatable bonds is 3. The summed E-state index contributed by atoms with van der Waals surface area (Å²) in [6.07, 6.45) is 3.75. The number of hydrogen-bond donors (Lipinski definition) is 11. The maximum atomic E-state index is 12.7. The molecule has 2 fully saturated rings. The van der Waals surface area contributed by atoms with E-state index in [-0.39, 0.29) is 25.2 Å². The Morgan fingerprint density at radius 1 is 0.677 bits per heavy atom. The quantitative estimate of drug-likeness (QED) is 0.175. The summed E-state index contributed by atoms with van der Waals surface area (Å²) >= 11 is 0. The van der Waals surface area contributed by atoms with Gasteiger partial charge in [0.1, 0.15) is 23.9 Å². The van der Waals surface area contributed by atoms with Gasteiger partial charge in [0.15, 0.2) is 12.1 Å². The number of aliphatic hydroxyl groups is 9. The molecule has 18 atom stereocenters. The minimum atomic E-state index is -2.37. The number of allylic oxidation sites excluding steroid dienone is 12. The van der Waals surface area contributed by atoms with Crippen molar-refractivity contribution in [3.63, 3.8) is 0 Å². The fourth-order valence-electron chi connectivity index (χ4n) is 7.81. The number of ether oxygens (including phenoxy) is 4. The molecular weight excluding hydrogens is 851 g/mol. The first-order valence-corrected chi connectivity index (χ1v) is 22.2. The zero-order valence-electron chi connectivity index (χ0n) is 37.5. The van der Waals surface area contributed by atoms with Crippen molar-refractivity contribution in [3.8, 4) is 0 Å². The average Bonchev–Trinajstić information content (AvgIpc) is 3.21. The second-order valence-corrected chi connectivity index (χ2v) is 17.4. The maximum Gasteiger partial charge on any atom is 0.311 e. The lowest BCUT2D eigenvalue weighted by Crippen LogP contribution is -2.61. The van der Waals surface area contributed by atoms with Gasteiger partial charge in [-0.15, -0.1) is 0 Å². The number of carboxylic acid groups (broad SMARTS) is 1. The summed E-state index contributed by atoms with van der Waals surface area (Å²) < 4.78 is 23.1.